The van der Waals surface area contributed by atoms with Crippen molar-refractivity contribution in [3.05, 3.63) is 35.4 Å². The van der Waals surface area contributed by atoms with Crippen LogP contribution in [0.25, 0.3) is 0 Å². The molecule has 0 atom stereocenters. The summed E-state index contributed by atoms with van der Waals surface area (Å²) in [7, 11) is 1.28. The van der Waals surface area contributed by atoms with E-state index >= 15 is 0 Å². The molecule has 0 spiro atoms. The molecular formula is C11H18Si. The minimum Gasteiger partial charge on any atom is -0.0654 e. The van der Waals surface area contributed by atoms with Crippen molar-refractivity contribution in [2.75, 3.05) is 0 Å². The first-order valence-corrected chi connectivity index (χ1v) is 6.36. The van der Waals surface area contributed by atoms with E-state index in [9.17, 15) is 0 Å². The Labute approximate surface area is 78.4 Å². The Hall–Kier alpha value is -0.563. The van der Waals surface area contributed by atoms with Crippen molar-refractivity contribution in [3.8, 4) is 0 Å². The third-order valence-electron chi connectivity index (χ3n) is 2.25. The van der Waals surface area contributed by atoms with E-state index < -0.39 is 0 Å². The van der Waals surface area contributed by atoms with E-state index in [4.69, 9.17) is 0 Å². The van der Waals surface area contributed by atoms with Gasteiger partial charge in [-0.1, -0.05) is 43.2 Å². The summed E-state index contributed by atoms with van der Waals surface area (Å²) < 4.78 is 0. The lowest BCUT2D eigenvalue weighted by Crippen LogP contribution is -1.87. The SMILES string of the molecule is CCCCc1ccc(C[SiH3])cc1. The number of aryl methyl sites for hydroxylation is 1. The Kier molecular flexibility index (Phi) is 4.09. The lowest BCUT2D eigenvalue weighted by molar-refractivity contribution is 0.795. The molecule has 0 saturated carbocycles. The van der Waals surface area contributed by atoms with Crippen LogP contribution in [0.1, 0.15) is 30.9 Å². The molecule has 1 rings (SSSR count). The minimum absolute atomic E-state index is 1.25. The molecule has 0 nitrogen and oxygen atoms in total. The molecule has 0 fully saturated rings. The highest BCUT2D eigenvalue weighted by Gasteiger charge is 1.92. The van der Waals surface area contributed by atoms with Gasteiger partial charge < -0.3 is 0 Å². The van der Waals surface area contributed by atoms with Crippen molar-refractivity contribution >= 4 is 10.2 Å². The molecule has 1 heteroatoms. The molecule has 0 aliphatic carbocycles. The Bertz CT molecular complexity index is 213. The first kappa shape index (κ1) is 9.52. The zero-order valence-corrected chi connectivity index (χ0v) is 10.1. The molecule has 1 aromatic carbocycles. The molecule has 0 saturated heterocycles. The summed E-state index contributed by atoms with van der Waals surface area (Å²) in [5.74, 6) is 0. The van der Waals surface area contributed by atoms with Gasteiger partial charge in [-0.2, -0.15) is 0 Å². The number of hydrogen-bond donors (Lipinski definition) is 0. The van der Waals surface area contributed by atoms with Crippen LogP contribution < -0.4 is 0 Å². The Balaban J connectivity index is 2.53. The molecule has 0 N–H and O–H groups in total. The van der Waals surface area contributed by atoms with Crippen molar-refractivity contribution < 1.29 is 0 Å². The minimum atomic E-state index is 1.25. The molecule has 12 heavy (non-hydrogen) atoms. The second-order valence-electron chi connectivity index (χ2n) is 3.27. The topological polar surface area (TPSA) is 0 Å². The van der Waals surface area contributed by atoms with Crippen LogP contribution in [0.2, 0.25) is 0 Å². The van der Waals surface area contributed by atoms with Crippen LogP contribution in [0.5, 0.6) is 0 Å². The molecule has 0 unspecified atom stereocenters. The summed E-state index contributed by atoms with van der Waals surface area (Å²) in [6, 6.07) is 10.4. The smallest absolute Gasteiger partial charge is 0.00833 e. The summed E-state index contributed by atoms with van der Waals surface area (Å²) in [6.45, 7) is 2.24. The summed E-state index contributed by atoms with van der Waals surface area (Å²) >= 11 is 0. The maximum Gasteiger partial charge on any atom is 0.00833 e. The number of hydrogen-bond acceptors (Lipinski definition) is 0. The van der Waals surface area contributed by atoms with Crippen molar-refractivity contribution in [1.29, 1.82) is 0 Å². The zero-order chi connectivity index (χ0) is 8.81. The first-order chi connectivity index (χ1) is 5.86. The molecule has 66 valence electrons. The molecule has 0 bridgehead atoms. The molecule has 0 radical (unpaired) electrons. The number of unbranched alkanes of at least 4 members (excludes halogenated alkanes) is 1. The summed E-state index contributed by atoms with van der Waals surface area (Å²) in [5.41, 5.74) is 3.00. The monoisotopic (exact) mass is 178 g/mol. The van der Waals surface area contributed by atoms with Gasteiger partial charge in [-0.3, -0.25) is 0 Å². The van der Waals surface area contributed by atoms with Crippen molar-refractivity contribution in [2.24, 2.45) is 0 Å². The van der Waals surface area contributed by atoms with E-state index in [2.05, 4.69) is 31.2 Å². The van der Waals surface area contributed by atoms with Crippen LogP contribution >= 0.6 is 0 Å². The third kappa shape index (κ3) is 2.82. The second-order valence-corrected chi connectivity index (χ2v) is 3.98. The average Bonchev–Trinajstić information content (AvgIpc) is 2.15. The number of rotatable bonds is 4. The fraction of sp³-hybridized carbons (Fsp3) is 0.455. The highest BCUT2D eigenvalue weighted by atomic mass is 28.1. The maximum absolute atomic E-state index is 2.28. The van der Waals surface area contributed by atoms with Gasteiger partial charge in [0.1, 0.15) is 0 Å². The maximum atomic E-state index is 2.28. The zero-order valence-electron chi connectivity index (χ0n) is 8.14. The van der Waals surface area contributed by atoms with Gasteiger partial charge in [-0.25, -0.2) is 0 Å². The molecular weight excluding hydrogens is 160 g/mol. The first-order valence-electron chi connectivity index (χ1n) is 4.94. The fourth-order valence-corrected chi connectivity index (χ4v) is 1.79. The molecule has 0 aliphatic rings. The van der Waals surface area contributed by atoms with E-state index in [0.717, 1.165) is 0 Å². The largest absolute Gasteiger partial charge is 0.0654 e. The van der Waals surface area contributed by atoms with Gasteiger partial charge >= 0.3 is 0 Å². The van der Waals surface area contributed by atoms with Crippen molar-refractivity contribution in [3.63, 3.8) is 0 Å². The van der Waals surface area contributed by atoms with E-state index in [-0.39, 0.29) is 0 Å². The van der Waals surface area contributed by atoms with Crippen LogP contribution in [0.15, 0.2) is 24.3 Å². The molecule has 0 aliphatic heterocycles. The third-order valence-corrected chi connectivity index (χ3v) is 3.07. The standard InChI is InChI=1S/C11H18Si/c1-2-3-4-10-5-7-11(9-12)8-6-10/h5-8H,2-4,9H2,1,12H3. The Morgan fingerprint density at radius 3 is 2.17 bits per heavy atom. The van der Waals surface area contributed by atoms with Gasteiger partial charge in [0.2, 0.25) is 0 Å². The van der Waals surface area contributed by atoms with Gasteiger partial charge in [0, 0.05) is 10.2 Å². The van der Waals surface area contributed by atoms with Crippen LogP contribution in [-0.2, 0) is 12.5 Å². The lowest BCUT2D eigenvalue weighted by Gasteiger charge is -2.00. The van der Waals surface area contributed by atoms with Gasteiger partial charge in [-0.15, -0.1) is 0 Å². The van der Waals surface area contributed by atoms with E-state index in [1.54, 1.807) is 0 Å². The molecule has 1 aromatic rings. The molecule has 0 aromatic heterocycles. The van der Waals surface area contributed by atoms with E-state index in [1.807, 2.05) is 0 Å². The summed E-state index contributed by atoms with van der Waals surface area (Å²) in [5, 5.41) is 0. The number of benzene rings is 1. The van der Waals surface area contributed by atoms with E-state index in [0.29, 0.717) is 0 Å². The quantitative estimate of drug-likeness (QED) is 0.618. The normalized spacial score (nSPS) is 10.4. The van der Waals surface area contributed by atoms with Crippen molar-refractivity contribution in [1.82, 2.24) is 0 Å². The van der Waals surface area contributed by atoms with Crippen LogP contribution in [0.4, 0.5) is 0 Å². The lowest BCUT2D eigenvalue weighted by atomic mass is 10.1. The van der Waals surface area contributed by atoms with Crippen LogP contribution in [0, 0.1) is 0 Å². The van der Waals surface area contributed by atoms with Crippen LogP contribution in [-0.4, -0.2) is 10.2 Å². The highest BCUT2D eigenvalue weighted by Crippen LogP contribution is 2.07. The van der Waals surface area contributed by atoms with E-state index in [1.165, 1.54) is 46.7 Å². The van der Waals surface area contributed by atoms with Gasteiger partial charge in [0.15, 0.2) is 0 Å². The second kappa shape index (κ2) is 5.15. The Morgan fingerprint density at radius 2 is 1.67 bits per heavy atom. The summed E-state index contributed by atoms with van der Waals surface area (Å²) in [4.78, 5) is 0. The predicted molar refractivity (Wildman–Crippen MR) is 58.7 cm³/mol. The average molecular weight is 178 g/mol. The fourth-order valence-electron chi connectivity index (χ4n) is 1.32. The van der Waals surface area contributed by atoms with Crippen molar-refractivity contribution in [2.45, 2.75) is 32.2 Å². The van der Waals surface area contributed by atoms with Gasteiger partial charge in [-0.05, 0) is 24.4 Å². The predicted octanol–water partition coefficient (Wildman–Crippen LogP) is 1.89. The van der Waals surface area contributed by atoms with Crippen LogP contribution in [0.3, 0.4) is 0 Å². The van der Waals surface area contributed by atoms with Gasteiger partial charge in [0.05, 0.1) is 0 Å². The Morgan fingerprint density at radius 1 is 1.08 bits per heavy atom. The molecule has 0 amide bonds. The summed E-state index contributed by atoms with van der Waals surface area (Å²) in [6.07, 6.45) is 3.86. The highest BCUT2D eigenvalue weighted by molar-refractivity contribution is 6.08. The van der Waals surface area contributed by atoms with Gasteiger partial charge in [0.25, 0.3) is 0 Å². The molecule has 0 heterocycles.